The molecule has 25 heavy (non-hydrogen) atoms. The van der Waals surface area contributed by atoms with Crippen LogP contribution in [0.1, 0.15) is 51.3 Å². The predicted octanol–water partition coefficient (Wildman–Crippen LogP) is 3.42. The normalized spacial score (nSPS) is 26.6. The Balaban J connectivity index is 2.11. The first-order valence-electron chi connectivity index (χ1n) is 8.32. The van der Waals surface area contributed by atoms with Crippen molar-refractivity contribution in [2.75, 3.05) is 6.61 Å². The monoisotopic (exact) mass is 358 g/mol. The number of hydrogen-bond donors (Lipinski definition) is 2. The second-order valence-electron chi connectivity index (χ2n) is 7.16. The molecule has 3 atom stereocenters. The van der Waals surface area contributed by atoms with Crippen LogP contribution in [0.4, 0.5) is 13.2 Å². The van der Waals surface area contributed by atoms with Gasteiger partial charge in [-0.25, -0.2) is 0 Å². The quantitative estimate of drug-likeness (QED) is 0.848. The van der Waals surface area contributed by atoms with Crippen LogP contribution in [0.15, 0.2) is 24.3 Å². The second-order valence-corrected chi connectivity index (χ2v) is 7.16. The highest BCUT2D eigenvalue weighted by Gasteiger charge is 2.62. The van der Waals surface area contributed by atoms with Crippen molar-refractivity contribution in [3.8, 4) is 0 Å². The highest BCUT2D eigenvalue weighted by molar-refractivity contribution is 5.89. The molecule has 0 saturated heterocycles. The van der Waals surface area contributed by atoms with Crippen LogP contribution in [0.3, 0.4) is 0 Å². The van der Waals surface area contributed by atoms with Crippen molar-refractivity contribution in [3.05, 3.63) is 35.4 Å². The van der Waals surface area contributed by atoms with Crippen LogP contribution in [-0.2, 0) is 15.7 Å². The fourth-order valence-corrected chi connectivity index (χ4v) is 3.21. The van der Waals surface area contributed by atoms with Gasteiger partial charge in [-0.3, -0.25) is 4.79 Å². The summed E-state index contributed by atoms with van der Waals surface area (Å²) in [7, 11) is 0. The van der Waals surface area contributed by atoms with Crippen LogP contribution < -0.4 is 11.1 Å². The van der Waals surface area contributed by atoms with Crippen molar-refractivity contribution in [1.82, 2.24) is 5.32 Å². The van der Waals surface area contributed by atoms with Gasteiger partial charge in [-0.05, 0) is 31.5 Å². The number of benzene rings is 1. The molecular weight excluding hydrogens is 333 g/mol. The van der Waals surface area contributed by atoms with Crippen molar-refractivity contribution < 1.29 is 22.7 Å². The molecule has 7 heteroatoms. The lowest BCUT2D eigenvalue weighted by molar-refractivity contribution is -0.171. The van der Waals surface area contributed by atoms with Gasteiger partial charge < -0.3 is 15.8 Å². The SMILES string of the molecule is CCOC1CC(N)(C(=O)NC(C)c2cccc(C(F)(F)F)c2)C1(C)C. The molecule has 1 fully saturated rings. The minimum absolute atomic E-state index is 0.114. The third-order valence-electron chi connectivity index (χ3n) is 5.30. The Kier molecular flexibility index (Phi) is 5.21. The van der Waals surface area contributed by atoms with Crippen LogP contribution in [0, 0.1) is 5.41 Å². The Morgan fingerprint density at radius 3 is 2.60 bits per heavy atom. The first kappa shape index (κ1) is 19.7. The molecule has 4 nitrogen and oxygen atoms in total. The van der Waals surface area contributed by atoms with Crippen LogP contribution >= 0.6 is 0 Å². The number of amides is 1. The smallest absolute Gasteiger partial charge is 0.378 e. The molecule has 1 saturated carbocycles. The second kappa shape index (κ2) is 6.61. The zero-order valence-corrected chi connectivity index (χ0v) is 14.9. The lowest BCUT2D eigenvalue weighted by Gasteiger charge is -2.57. The standard InChI is InChI=1S/C18H25F3N2O2/c1-5-25-14-10-17(22,16(14,3)4)15(24)23-11(2)12-7-6-8-13(9-12)18(19,20)21/h6-9,11,14H,5,10,22H2,1-4H3,(H,23,24). The first-order chi connectivity index (χ1) is 11.4. The highest BCUT2D eigenvalue weighted by Crippen LogP contribution is 2.50. The fourth-order valence-electron chi connectivity index (χ4n) is 3.21. The number of rotatable bonds is 5. The third-order valence-corrected chi connectivity index (χ3v) is 5.30. The molecule has 1 aliphatic rings. The molecule has 1 amide bonds. The van der Waals surface area contributed by atoms with Gasteiger partial charge in [0.05, 0.1) is 17.7 Å². The Labute approximate surface area is 145 Å². The van der Waals surface area contributed by atoms with Crippen molar-refractivity contribution in [2.24, 2.45) is 11.1 Å². The number of hydrogen-bond acceptors (Lipinski definition) is 3. The average molecular weight is 358 g/mol. The Morgan fingerprint density at radius 1 is 1.44 bits per heavy atom. The highest BCUT2D eigenvalue weighted by atomic mass is 19.4. The number of ether oxygens (including phenoxy) is 1. The lowest BCUT2D eigenvalue weighted by Crippen LogP contribution is -2.75. The van der Waals surface area contributed by atoms with Gasteiger partial charge in [0.1, 0.15) is 5.54 Å². The summed E-state index contributed by atoms with van der Waals surface area (Å²) in [5, 5.41) is 2.75. The maximum atomic E-state index is 12.8. The van der Waals surface area contributed by atoms with Crippen LogP contribution in [-0.4, -0.2) is 24.2 Å². The van der Waals surface area contributed by atoms with Gasteiger partial charge in [0.2, 0.25) is 5.91 Å². The number of nitrogens with one attached hydrogen (secondary N) is 1. The minimum Gasteiger partial charge on any atom is -0.378 e. The molecule has 1 aromatic rings. The van der Waals surface area contributed by atoms with E-state index in [2.05, 4.69) is 5.32 Å². The van der Waals surface area contributed by atoms with Gasteiger partial charge >= 0.3 is 6.18 Å². The molecule has 3 N–H and O–H groups in total. The van der Waals surface area contributed by atoms with Gasteiger partial charge in [0, 0.05) is 18.4 Å². The van der Waals surface area contributed by atoms with E-state index < -0.39 is 28.7 Å². The van der Waals surface area contributed by atoms with E-state index in [4.69, 9.17) is 10.5 Å². The summed E-state index contributed by atoms with van der Waals surface area (Å²) >= 11 is 0. The van der Waals surface area contributed by atoms with Gasteiger partial charge in [0.25, 0.3) is 0 Å². The molecular formula is C18H25F3N2O2. The molecule has 3 unspecified atom stereocenters. The largest absolute Gasteiger partial charge is 0.416 e. The Bertz CT molecular complexity index is 645. The van der Waals surface area contributed by atoms with E-state index in [9.17, 15) is 18.0 Å². The van der Waals surface area contributed by atoms with Crippen molar-refractivity contribution in [1.29, 1.82) is 0 Å². The minimum atomic E-state index is -4.42. The van der Waals surface area contributed by atoms with Crippen molar-refractivity contribution >= 4 is 5.91 Å². The number of nitrogens with two attached hydrogens (primary N) is 1. The summed E-state index contributed by atoms with van der Waals surface area (Å²) in [6, 6.07) is 4.35. The molecule has 140 valence electrons. The summed E-state index contributed by atoms with van der Waals surface area (Å²) in [5.74, 6) is -0.377. The van der Waals surface area contributed by atoms with E-state index in [0.717, 1.165) is 12.1 Å². The average Bonchev–Trinajstić information content (AvgIpc) is 2.53. The van der Waals surface area contributed by atoms with Gasteiger partial charge in [-0.15, -0.1) is 0 Å². The molecule has 2 rings (SSSR count). The zero-order chi connectivity index (χ0) is 19.0. The molecule has 1 aromatic carbocycles. The molecule has 0 aromatic heterocycles. The topological polar surface area (TPSA) is 64.3 Å². The molecule has 1 aliphatic carbocycles. The summed E-state index contributed by atoms with van der Waals surface area (Å²) < 4.78 is 44.1. The predicted molar refractivity (Wildman–Crippen MR) is 88.7 cm³/mol. The maximum Gasteiger partial charge on any atom is 0.416 e. The third kappa shape index (κ3) is 3.53. The van der Waals surface area contributed by atoms with Gasteiger partial charge in [-0.1, -0.05) is 26.0 Å². The number of halogens is 3. The number of carbonyl (C=O) groups excluding carboxylic acids is 1. The van der Waals surface area contributed by atoms with Crippen LogP contribution in [0.5, 0.6) is 0 Å². The van der Waals surface area contributed by atoms with Crippen molar-refractivity contribution in [3.63, 3.8) is 0 Å². The van der Waals surface area contributed by atoms with Crippen LogP contribution in [0.25, 0.3) is 0 Å². The van der Waals surface area contributed by atoms with E-state index in [1.807, 2.05) is 20.8 Å². The summed E-state index contributed by atoms with van der Waals surface area (Å²) in [6.45, 7) is 7.79. The van der Waals surface area contributed by atoms with E-state index in [1.54, 1.807) is 13.0 Å². The van der Waals surface area contributed by atoms with Gasteiger partial charge in [0.15, 0.2) is 0 Å². The lowest BCUT2D eigenvalue weighted by atomic mass is 9.54. The van der Waals surface area contributed by atoms with E-state index in [-0.39, 0.29) is 12.0 Å². The molecule has 0 radical (unpaired) electrons. The number of carbonyl (C=O) groups is 1. The van der Waals surface area contributed by atoms with Crippen LogP contribution in [0.2, 0.25) is 0 Å². The van der Waals surface area contributed by atoms with E-state index in [1.165, 1.54) is 6.07 Å². The summed E-state index contributed by atoms with van der Waals surface area (Å²) in [4.78, 5) is 12.7. The Morgan fingerprint density at radius 2 is 2.08 bits per heavy atom. The summed E-state index contributed by atoms with van der Waals surface area (Å²) in [5.41, 5.74) is 4.27. The maximum absolute atomic E-state index is 12.8. The summed E-state index contributed by atoms with van der Waals surface area (Å²) in [6.07, 6.45) is -4.15. The molecule has 0 heterocycles. The van der Waals surface area contributed by atoms with E-state index in [0.29, 0.717) is 18.6 Å². The molecule has 0 aliphatic heterocycles. The van der Waals surface area contributed by atoms with E-state index >= 15 is 0 Å². The van der Waals surface area contributed by atoms with Gasteiger partial charge in [-0.2, -0.15) is 13.2 Å². The van der Waals surface area contributed by atoms with Crippen molar-refractivity contribution in [2.45, 2.75) is 58.0 Å². The molecule has 0 bridgehead atoms. The Hall–Kier alpha value is -1.60. The zero-order valence-electron chi connectivity index (χ0n) is 14.9. The first-order valence-corrected chi connectivity index (χ1v) is 8.32. The molecule has 0 spiro atoms. The number of alkyl halides is 3. The fraction of sp³-hybridized carbons (Fsp3) is 0.611.